The zero-order valence-electron chi connectivity index (χ0n) is 8.13. The van der Waals surface area contributed by atoms with Crippen LogP contribution in [0.15, 0.2) is 0 Å². The minimum absolute atomic E-state index is 0.131. The summed E-state index contributed by atoms with van der Waals surface area (Å²) in [6, 6.07) is 0. The monoisotopic (exact) mass is 172 g/mol. The van der Waals surface area contributed by atoms with Gasteiger partial charge in [-0.05, 0) is 6.42 Å². The molecular weight excluding hydrogens is 155 g/mol. The first kappa shape index (κ1) is 10.0. The van der Waals surface area contributed by atoms with Crippen LogP contribution >= 0.6 is 0 Å². The molecule has 0 aromatic carbocycles. The Balaban J connectivity index is 2.18. The maximum atomic E-state index is 5.35. The van der Waals surface area contributed by atoms with Gasteiger partial charge in [-0.3, -0.25) is 0 Å². The lowest BCUT2D eigenvalue weighted by Gasteiger charge is -2.31. The lowest BCUT2D eigenvalue weighted by molar-refractivity contribution is -0.0187. The zero-order valence-corrected chi connectivity index (χ0v) is 8.13. The van der Waals surface area contributed by atoms with E-state index in [0.717, 1.165) is 6.42 Å². The first-order valence-corrected chi connectivity index (χ1v) is 4.49. The van der Waals surface area contributed by atoms with Crippen molar-refractivity contribution < 1.29 is 14.0 Å². The first-order chi connectivity index (χ1) is 5.64. The van der Waals surface area contributed by atoms with Crippen LogP contribution in [0.1, 0.15) is 27.2 Å². The van der Waals surface area contributed by atoms with Crippen LogP contribution in [0.25, 0.3) is 0 Å². The molecule has 0 radical (unpaired) electrons. The van der Waals surface area contributed by atoms with Gasteiger partial charge in [0.15, 0.2) is 0 Å². The van der Waals surface area contributed by atoms with Crippen molar-refractivity contribution in [1.29, 1.82) is 0 Å². The Bertz CT molecular complexity index is 128. The summed E-state index contributed by atoms with van der Waals surface area (Å²) in [6.07, 6.45) is 0.993. The third-order valence-corrected chi connectivity index (χ3v) is 1.68. The number of hydrogen-bond acceptors (Lipinski definition) is 3. The molecule has 0 bridgehead atoms. The average molecular weight is 172 g/mol. The molecule has 0 atom stereocenters. The molecule has 12 heavy (non-hydrogen) atoms. The Morgan fingerprint density at radius 3 is 2.42 bits per heavy atom. The topological polar surface area (TPSA) is 27.7 Å². The smallest absolute Gasteiger partial charge is 0.386 e. The highest BCUT2D eigenvalue weighted by Crippen LogP contribution is 2.21. The van der Waals surface area contributed by atoms with E-state index in [-0.39, 0.29) is 5.41 Å². The van der Waals surface area contributed by atoms with Crippen molar-refractivity contribution in [1.82, 2.24) is 0 Å². The molecule has 4 heteroatoms. The van der Waals surface area contributed by atoms with E-state index < -0.39 is 7.32 Å². The molecule has 0 aromatic heterocycles. The molecule has 0 spiro atoms. The highest BCUT2D eigenvalue weighted by atomic mass is 16.7. The Hall–Kier alpha value is -0.0551. The molecule has 0 aromatic rings. The first-order valence-electron chi connectivity index (χ1n) is 4.49. The Kier molecular flexibility index (Phi) is 3.56. The fourth-order valence-corrected chi connectivity index (χ4v) is 0.987. The molecular formula is C8H17BO3. The molecule has 70 valence electrons. The quantitative estimate of drug-likeness (QED) is 0.603. The normalized spacial score (nSPS) is 22.8. The van der Waals surface area contributed by atoms with E-state index in [4.69, 9.17) is 14.0 Å². The average Bonchev–Trinajstić information content (AvgIpc) is 2.03. The summed E-state index contributed by atoms with van der Waals surface area (Å²) in [4.78, 5) is 0. The van der Waals surface area contributed by atoms with E-state index in [1.54, 1.807) is 0 Å². The van der Waals surface area contributed by atoms with Gasteiger partial charge < -0.3 is 14.0 Å². The van der Waals surface area contributed by atoms with Gasteiger partial charge in [0.05, 0.1) is 0 Å². The lowest BCUT2D eigenvalue weighted by Crippen LogP contribution is -2.42. The van der Waals surface area contributed by atoms with Crippen LogP contribution in [-0.4, -0.2) is 27.1 Å². The Labute approximate surface area is 74.6 Å². The van der Waals surface area contributed by atoms with Gasteiger partial charge in [-0.15, -0.1) is 0 Å². The molecule has 0 N–H and O–H groups in total. The van der Waals surface area contributed by atoms with Crippen molar-refractivity contribution >= 4 is 7.32 Å². The van der Waals surface area contributed by atoms with Crippen molar-refractivity contribution in [3.8, 4) is 0 Å². The summed E-state index contributed by atoms with van der Waals surface area (Å²) in [5.41, 5.74) is 0.131. The minimum Gasteiger partial charge on any atom is -0.386 e. The second kappa shape index (κ2) is 4.26. The van der Waals surface area contributed by atoms with Crippen molar-refractivity contribution in [3.05, 3.63) is 0 Å². The fourth-order valence-electron chi connectivity index (χ4n) is 0.987. The molecule has 1 fully saturated rings. The second-order valence-corrected chi connectivity index (χ2v) is 3.95. The second-order valence-electron chi connectivity index (χ2n) is 3.95. The van der Waals surface area contributed by atoms with Crippen LogP contribution in [0.5, 0.6) is 0 Å². The lowest BCUT2D eigenvalue weighted by atomic mass is 9.93. The van der Waals surface area contributed by atoms with Crippen molar-refractivity contribution in [2.24, 2.45) is 5.41 Å². The zero-order chi connectivity index (χ0) is 9.03. The van der Waals surface area contributed by atoms with Crippen LogP contribution in [-0.2, 0) is 14.0 Å². The summed E-state index contributed by atoms with van der Waals surface area (Å²) in [5.74, 6) is 0. The molecule has 3 nitrogen and oxygen atoms in total. The summed E-state index contributed by atoms with van der Waals surface area (Å²) in [5, 5.41) is 0. The Morgan fingerprint density at radius 2 is 1.92 bits per heavy atom. The minimum atomic E-state index is -0.432. The van der Waals surface area contributed by atoms with Crippen molar-refractivity contribution in [2.45, 2.75) is 27.2 Å². The maximum absolute atomic E-state index is 5.35. The molecule has 0 saturated carbocycles. The molecule has 1 aliphatic rings. The van der Waals surface area contributed by atoms with E-state index in [1.807, 2.05) is 0 Å². The molecule has 0 aliphatic carbocycles. The van der Waals surface area contributed by atoms with E-state index >= 15 is 0 Å². The molecule has 0 amide bonds. The third-order valence-electron chi connectivity index (χ3n) is 1.68. The molecule has 1 aliphatic heterocycles. The van der Waals surface area contributed by atoms with Crippen LogP contribution in [0.3, 0.4) is 0 Å². The number of hydrogen-bond donors (Lipinski definition) is 0. The van der Waals surface area contributed by atoms with Gasteiger partial charge in [0, 0.05) is 25.2 Å². The van der Waals surface area contributed by atoms with E-state index in [0.29, 0.717) is 19.8 Å². The van der Waals surface area contributed by atoms with Gasteiger partial charge >= 0.3 is 7.32 Å². The van der Waals surface area contributed by atoms with Crippen LogP contribution < -0.4 is 0 Å². The third kappa shape index (κ3) is 3.13. The summed E-state index contributed by atoms with van der Waals surface area (Å²) >= 11 is 0. The van der Waals surface area contributed by atoms with Gasteiger partial charge in [0.2, 0.25) is 0 Å². The van der Waals surface area contributed by atoms with Gasteiger partial charge in [-0.25, -0.2) is 0 Å². The SMILES string of the molecule is CCCOB1OCC(C)(C)CO1. The van der Waals surface area contributed by atoms with Crippen LogP contribution in [0, 0.1) is 5.41 Å². The van der Waals surface area contributed by atoms with Crippen molar-refractivity contribution in [3.63, 3.8) is 0 Å². The summed E-state index contributed by atoms with van der Waals surface area (Å²) < 4.78 is 16.0. The summed E-state index contributed by atoms with van der Waals surface area (Å²) in [6.45, 7) is 8.41. The van der Waals surface area contributed by atoms with Crippen LogP contribution in [0.2, 0.25) is 0 Å². The molecule has 1 saturated heterocycles. The van der Waals surface area contributed by atoms with Gasteiger partial charge in [-0.2, -0.15) is 0 Å². The fraction of sp³-hybridized carbons (Fsp3) is 1.00. The highest BCUT2D eigenvalue weighted by Gasteiger charge is 2.33. The van der Waals surface area contributed by atoms with Gasteiger partial charge in [-0.1, -0.05) is 20.8 Å². The van der Waals surface area contributed by atoms with E-state index in [1.165, 1.54) is 0 Å². The predicted molar refractivity (Wildman–Crippen MR) is 47.7 cm³/mol. The van der Waals surface area contributed by atoms with Crippen molar-refractivity contribution in [2.75, 3.05) is 19.8 Å². The predicted octanol–water partition coefficient (Wildman–Crippen LogP) is 1.47. The van der Waals surface area contributed by atoms with Crippen LogP contribution in [0.4, 0.5) is 0 Å². The highest BCUT2D eigenvalue weighted by molar-refractivity contribution is 6.36. The number of rotatable bonds is 3. The molecule has 1 rings (SSSR count). The standard InChI is InChI=1S/C8H17BO3/c1-4-5-10-9-11-6-8(2,3)7-12-9/h4-7H2,1-3H3. The summed E-state index contributed by atoms with van der Waals surface area (Å²) in [7, 11) is -0.432. The van der Waals surface area contributed by atoms with Gasteiger partial charge in [0.1, 0.15) is 0 Å². The Morgan fingerprint density at radius 1 is 1.33 bits per heavy atom. The van der Waals surface area contributed by atoms with E-state index in [9.17, 15) is 0 Å². The molecule has 0 unspecified atom stereocenters. The largest absolute Gasteiger partial charge is 0.639 e. The maximum Gasteiger partial charge on any atom is 0.639 e. The van der Waals surface area contributed by atoms with E-state index in [2.05, 4.69) is 20.8 Å². The van der Waals surface area contributed by atoms with Gasteiger partial charge in [0.25, 0.3) is 0 Å². The molecule has 1 heterocycles.